The van der Waals surface area contributed by atoms with E-state index in [1.807, 2.05) is 18.2 Å². The van der Waals surface area contributed by atoms with Gasteiger partial charge in [0, 0.05) is 17.2 Å². The summed E-state index contributed by atoms with van der Waals surface area (Å²) in [6, 6.07) is 8.05. The molecule has 0 bridgehead atoms. The lowest BCUT2D eigenvalue weighted by molar-refractivity contribution is 0.414. The van der Waals surface area contributed by atoms with Gasteiger partial charge in [0.2, 0.25) is 0 Å². The molecule has 0 heterocycles. The Morgan fingerprint density at radius 2 is 2.00 bits per heavy atom. The third kappa shape index (κ3) is 3.85. The van der Waals surface area contributed by atoms with E-state index in [9.17, 15) is 0 Å². The van der Waals surface area contributed by atoms with Crippen LogP contribution in [-0.2, 0) is 0 Å². The molecule has 0 aliphatic rings. The lowest BCUT2D eigenvalue weighted by Crippen LogP contribution is -1.92. The highest BCUT2D eigenvalue weighted by Gasteiger charge is 1.92. The summed E-state index contributed by atoms with van der Waals surface area (Å²) in [5, 5.41) is 0. The standard InChI is InChI=1S/C11H15NOS/c1-13-10-4-6-11(7-5-10)14-9-3-2-8-12/h2-7H,8-9,12H2,1H3. The Hall–Kier alpha value is -0.930. The van der Waals surface area contributed by atoms with Gasteiger partial charge >= 0.3 is 0 Å². The quantitative estimate of drug-likeness (QED) is 0.597. The summed E-state index contributed by atoms with van der Waals surface area (Å²) >= 11 is 1.78. The molecule has 1 aromatic carbocycles. The largest absolute Gasteiger partial charge is 0.497 e. The van der Waals surface area contributed by atoms with E-state index in [2.05, 4.69) is 18.2 Å². The molecule has 0 saturated carbocycles. The fourth-order valence-corrected chi connectivity index (χ4v) is 1.73. The monoisotopic (exact) mass is 209 g/mol. The van der Waals surface area contributed by atoms with E-state index in [1.54, 1.807) is 18.9 Å². The maximum atomic E-state index is 5.33. The minimum atomic E-state index is 0.614. The van der Waals surface area contributed by atoms with Crippen LogP contribution in [0.1, 0.15) is 0 Å². The van der Waals surface area contributed by atoms with E-state index in [0.29, 0.717) is 6.54 Å². The van der Waals surface area contributed by atoms with Gasteiger partial charge in [-0.1, -0.05) is 12.2 Å². The molecule has 0 spiro atoms. The Morgan fingerprint density at radius 1 is 1.29 bits per heavy atom. The van der Waals surface area contributed by atoms with E-state index in [-0.39, 0.29) is 0 Å². The van der Waals surface area contributed by atoms with Crippen LogP contribution in [0.15, 0.2) is 41.3 Å². The zero-order chi connectivity index (χ0) is 10.2. The van der Waals surface area contributed by atoms with Gasteiger partial charge in [0.25, 0.3) is 0 Å². The van der Waals surface area contributed by atoms with Crippen molar-refractivity contribution in [3.05, 3.63) is 36.4 Å². The third-order valence-electron chi connectivity index (χ3n) is 1.71. The van der Waals surface area contributed by atoms with Gasteiger partial charge in [-0.05, 0) is 24.3 Å². The molecule has 2 nitrogen and oxygen atoms in total. The fourth-order valence-electron chi connectivity index (χ4n) is 0.981. The molecule has 0 amide bonds. The maximum Gasteiger partial charge on any atom is 0.118 e. The van der Waals surface area contributed by atoms with Crippen LogP contribution in [0.25, 0.3) is 0 Å². The first-order valence-corrected chi connectivity index (χ1v) is 5.47. The highest BCUT2D eigenvalue weighted by Crippen LogP contribution is 2.20. The van der Waals surface area contributed by atoms with Crippen molar-refractivity contribution < 1.29 is 4.74 Å². The van der Waals surface area contributed by atoms with Crippen LogP contribution in [-0.4, -0.2) is 19.4 Å². The van der Waals surface area contributed by atoms with Gasteiger partial charge in [0.1, 0.15) is 5.75 Å². The van der Waals surface area contributed by atoms with Crippen molar-refractivity contribution in [1.29, 1.82) is 0 Å². The van der Waals surface area contributed by atoms with Crippen LogP contribution in [0.5, 0.6) is 5.75 Å². The normalized spacial score (nSPS) is 10.7. The molecular formula is C11H15NOS. The molecule has 3 heteroatoms. The molecule has 2 N–H and O–H groups in total. The molecule has 0 radical (unpaired) electrons. The highest BCUT2D eigenvalue weighted by atomic mass is 32.2. The average Bonchev–Trinajstić information content (AvgIpc) is 2.25. The van der Waals surface area contributed by atoms with Crippen molar-refractivity contribution in [2.24, 2.45) is 5.73 Å². The first-order chi connectivity index (χ1) is 6.86. The molecule has 1 rings (SSSR count). The van der Waals surface area contributed by atoms with E-state index in [0.717, 1.165) is 11.5 Å². The Morgan fingerprint density at radius 3 is 2.57 bits per heavy atom. The maximum absolute atomic E-state index is 5.33. The molecule has 0 fully saturated rings. The SMILES string of the molecule is COc1ccc(SCC=CCN)cc1. The van der Waals surface area contributed by atoms with Crippen LogP contribution < -0.4 is 10.5 Å². The fraction of sp³-hybridized carbons (Fsp3) is 0.273. The smallest absolute Gasteiger partial charge is 0.118 e. The summed E-state index contributed by atoms with van der Waals surface area (Å²) in [7, 11) is 1.67. The average molecular weight is 209 g/mol. The Kier molecular flexibility index (Phi) is 5.19. The summed E-state index contributed by atoms with van der Waals surface area (Å²) in [6.07, 6.45) is 4.05. The van der Waals surface area contributed by atoms with Crippen LogP contribution in [0.4, 0.5) is 0 Å². The highest BCUT2D eigenvalue weighted by molar-refractivity contribution is 7.99. The molecule has 0 unspecified atom stereocenters. The Bertz CT molecular complexity index is 282. The van der Waals surface area contributed by atoms with Gasteiger partial charge in [-0.15, -0.1) is 11.8 Å². The molecule has 14 heavy (non-hydrogen) atoms. The summed E-state index contributed by atoms with van der Waals surface area (Å²) in [4.78, 5) is 1.24. The first-order valence-electron chi connectivity index (χ1n) is 4.48. The van der Waals surface area contributed by atoms with Crippen molar-refractivity contribution in [3.63, 3.8) is 0 Å². The number of thioether (sulfide) groups is 1. The predicted octanol–water partition coefficient (Wildman–Crippen LogP) is 2.30. The summed E-state index contributed by atoms with van der Waals surface area (Å²) in [6.45, 7) is 0.614. The summed E-state index contributed by atoms with van der Waals surface area (Å²) in [5.41, 5.74) is 5.33. The van der Waals surface area contributed by atoms with Gasteiger partial charge in [-0.2, -0.15) is 0 Å². The summed E-state index contributed by atoms with van der Waals surface area (Å²) in [5.74, 6) is 1.86. The second-order valence-corrected chi connectivity index (χ2v) is 3.79. The topological polar surface area (TPSA) is 35.2 Å². The van der Waals surface area contributed by atoms with Crippen LogP contribution in [0.3, 0.4) is 0 Å². The first kappa shape index (κ1) is 11.1. The van der Waals surface area contributed by atoms with Gasteiger partial charge in [-0.3, -0.25) is 0 Å². The van der Waals surface area contributed by atoms with Gasteiger partial charge < -0.3 is 10.5 Å². The molecule has 0 aliphatic carbocycles. The van der Waals surface area contributed by atoms with Crippen molar-refractivity contribution in [2.45, 2.75) is 4.90 Å². The zero-order valence-corrected chi connectivity index (χ0v) is 9.09. The van der Waals surface area contributed by atoms with Gasteiger partial charge in [0.05, 0.1) is 7.11 Å². The van der Waals surface area contributed by atoms with Crippen molar-refractivity contribution in [1.82, 2.24) is 0 Å². The number of rotatable bonds is 5. The lowest BCUT2D eigenvalue weighted by atomic mass is 10.3. The lowest BCUT2D eigenvalue weighted by Gasteiger charge is -2.01. The Balaban J connectivity index is 2.40. The van der Waals surface area contributed by atoms with Crippen LogP contribution in [0.2, 0.25) is 0 Å². The number of ether oxygens (including phenoxy) is 1. The number of hydrogen-bond acceptors (Lipinski definition) is 3. The van der Waals surface area contributed by atoms with E-state index in [4.69, 9.17) is 10.5 Å². The van der Waals surface area contributed by atoms with E-state index < -0.39 is 0 Å². The molecule has 0 aromatic heterocycles. The molecule has 1 aromatic rings. The zero-order valence-electron chi connectivity index (χ0n) is 8.27. The van der Waals surface area contributed by atoms with Crippen LogP contribution >= 0.6 is 11.8 Å². The number of nitrogens with two attached hydrogens (primary N) is 1. The van der Waals surface area contributed by atoms with Crippen molar-refractivity contribution in [3.8, 4) is 5.75 Å². The minimum Gasteiger partial charge on any atom is -0.497 e. The predicted molar refractivity (Wildman–Crippen MR) is 61.9 cm³/mol. The van der Waals surface area contributed by atoms with Crippen LogP contribution in [0, 0.1) is 0 Å². The second kappa shape index (κ2) is 6.51. The third-order valence-corrected chi connectivity index (χ3v) is 2.67. The van der Waals surface area contributed by atoms with E-state index in [1.165, 1.54) is 4.90 Å². The van der Waals surface area contributed by atoms with Crippen molar-refractivity contribution >= 4 is 11.8 Å². The number of methoxy groups -OCH3 is 1. The van der Waals surface area contributed by atoms with Crippen molar-refractivity contribution in [2.75, 3.05) is 19.4 Å². The molecular weight excluding hydrogens is 194 g/mol. The molecule has 0 atom stereocenters. The minimum absolute atomic E-state index is 0.614. The molecule has 0 saturated heterocycles. The molecule has 0 aliphatic heterocycles. The molecule has 76 valence electrons. The van der Waals surface area contributed by atoms with E-state index >= 15 is 0 Å². The van der Waals surface area contributed by atoms with Gasteiger partial charge in [-0.25, -0.2) is 0 Å². The number of benzene rings is 1. The number of hydrogen-bond donors (Lipinski definition) is 1. The Labute approximate surface area is 89.1 Å². The van der Waals surface area contributed by atoms with Gasteiger partial charge in [0.15, 0.2) is 0 Å². The summed E-state index contributed by atoms with van der Waals surface area (Å²) < 4.78 is 5.07. The second-order valence-electron chi connectivity index (χ2n) is 2.69.